The average Bonchev–Trinajstić information content (AvgIpc) is 2.44. The smallest absolute Gasteiger partial charge is 0.331 e. The summed E-state index contributed by atoms with van der Waals surface area (Å²) in [6.07, 6.45) is 4.01. The second-order valence-electron chi connectivity index (χ2n) is 4.98. The molecule has 0 aromatic carbocycles. The van der Waals surface area contributed by atoms with Crippen LogP contribution in [0.1, 0.15) is 38.5 Å². The molecule has 1 atom stereocenters. The largest absolute Gasteiger partial charge is 0.467 e. The first kappa shape index (κ1) is 15.9. The molecule has 6 nitrogen and oxygen atoms in total. The molecule has 0 radical (unpaired) electrons. The van der Waals surface area contributed by atoms with Crippen molar-refractivity contribution in [3.05, 3.63) is 0 Å². The third kappa shape index (κ3) is 4.18. The van der Waals surface area contributed by atoms with E-state index in [9.17, 15) is 9.59 Å². The standard InChI is InChI=1S/C13H24N2O4/c1-18-10(9-14)8-11(16)15-13(12(17)19-2)6-4-3-5-7-13/h10H,3-9,14H2,1-2H3,(H,15,16). The Morgan fingerprint density at radius 2 is 1.89 bits per heavy atom. The van der Waals surface area contributed by atoms with E-state index in [4.69, 9.17) is 15.2 Å². The lowest BCUT2D eigenvalue weighted by atomic mass is 9.81. The molecule has 0 bridgehead atoms. The highest BCUT2D eigenvalue weighted by Gasteiger charge is 2.42. The number of nitrogens with one attached hydrogen (secondary N) is 1. The Labute approximate surface area is 114 Å². The maximum Gasteiger partial charge on any atom is 0.331 e. The van der Waals surface area contributed by atoms with Gasteiger partial charge in [0.25, 0.3) is 0 Å². The molecule has 0 aliphatic heterocycles. The predicted octanol–water partition coefficient (Wildman–Crippen LogP) is 0.342. The number of carbonyl (C=O) groups is 2. The zero-order valence-electron chi connectivity index (χ0n) is 11.7. The van der Waals surface area contributed by atoms with Crippen LogP contribution in [0.5, 0.6) is 0 Å². The molecule has 1 rings (SSSR count). The van der Waals surface area contributed by atoms with Crippen LogP contribution in [-0.4, -0.2) is 44.3 Å². The van der Waals surface area contributed by atoms with Gasteiger partial charge in [-0.2, -0.15) is 0 Å². The first-order valence-electron chi connectivity index (χ1n) is 6.70. The highest BCUT2D eigenvalue weighted by molar-refractivity contribution is 5.88. The highest BCUT2D eigenvalue weighted by Crippen LogP contribution is 2.29. The van der Waals surface area contributed by atoms with Crippen molar-refractivity contribution < 1.29 is 19.1 Å². The maximum absolute atomic E-state index is 12.0. The molecule has 0 spiro atoms. The van der Waals surface area contributed by atoms with Crippen molar-refractivity contribution in [1.82, 2.24) is 5.32 Å². The number of nitrogens with two attached hydrogens (primary N) is 1. The van der Waals surface area contributed by atoms with Gasteiger partial charge < -0.3 is 20.5 Å². The first-order chi connectivity index (χ1) is 9.07. The van der Waals surface area contributed by atoms with Crippen LogP contribution >= 0.6 is 0 Å². The summed E-state index contributed by atoms with van der Waals surface area (Å²) in [5.41, 5.74) is 4.62. The normalized spacial score (nSPS) is 19.5. The molecule has 3 N–H and O–H groups in total. The molecular formula is C13H24N2O4. The number of hydrogen-bond acceptors (Lipinski definition) is 5. The van der Waals surface area contributed by atoms with Crippen molar-refractivity contribution in [3.63, 3.8) is 0 Å². The average molecular weight is 272 g/mol. The van der Waals surface area contributed by atoms with Crippen LogP contribution in [0.4, 0.5) is 0 Å². The second kappa shape index (κ2) is 7.45. The van der Waals surface area contributed by atoms with Crippen molar-refractivity contribution in [2.75, 3.05) is 20.8 Å². The maximum atomic E-state index is 12.0. The van der Waals surface area contributed by atoms with Crippen molar-refractivity contribution in [1.29, 1.82) is 0 Å². The predicted molar refractivity (Wildman–Crippen MR) is 70.4 cm³/mol. The number of rotatable bonds is 6. The van der Waals surface area contributed by atoms with Crippen LogP contribution in [0.25, 0.3) is 0 Å². The topological polar surface area (TPSA) is 90.7 Å². The van der Waals surface area contributed by atoms with Crippen LogP contribution < -0.4 is 11.1 Å². The van der Waals surface area contributed by atoms with Gasteiger partial charge in [-0.15, -0.1) is 0 Å². The molecule has 0 aromatic rings. The van der Waals surface area contributed by atoms with Crippen LogP contribution in [0, 0.1) is 0 Å². The second-order valence-corrected chi connectivity index (χ2v) is 4.98. The summed E-state index contributed by atoms with van der Waals surface area (Å²) in [4.78, 5) is 24.0. The summed E-state index contributed by atoms with van der Waals surface area (Å²) < 4.78 is 9.92. The molecular weight excluding hydrogens is 248 g/mol. The third-order valence-corrected chi connectivity index (χ3v) is 3.67. The molecule has 0 saturated heterocycles. The van der Waals surface area contributed by atoms with Crippen molar-refractivity contribution in [2.45, 2.75) is 50.2 Å². The van der Waals surface area contributed by atoms with Gasteiger partial charge >= 0.3 is 5.97 Å². The van der Waals surface area contributed by atoms with E-state index in [0.717, 1.165) is 19.3 Å². The lowest BCUT2D eigenvalue weighted by molar-refractivity contribution is -0.153. The van der Waals surface area contributed by atoms with Gasteiger partial charge in [-0.1, -0.05) is 19.3 Å². The molecule has 0 heterocycles. The van der Waals surface area contributed by atoms with Crippen molar-refractivity contribution in [2.24, 2.45) is 5.73 Å². The van der Waals surface area contributed by atoms with Gasteiger partial charge in [0, 0.05) is 13.7 Å². The van der Waals surface area contributed by atoms with E-state index in [2.05, 4.69) is 5.32 Å². The highest BCUT2D eigenvalue weighted by atomic mass is 16.5. The van der Waals surface area contributed by atoms with E-state index in [1.54, 1.807) is 0 Å². The lowest BCUT2D eigenvalue weighted by Gasteiger charge is -2.35. The fourth-order valence-corrected chi connectivity index (χ4v) is 2.52. The Morgan fingerprint density at radius 3 is 2.37 bits per heavy atom. The van der Waals surface area contributed by atoms with Crippen LogP contribution in [0.15, 0.2) is 0 Å². The fraction of sp³-hybridized carbons (Fsp3) is 0.846. The van der Waals surface area contributed by atoms with Gasteiger partial charge in [0.15, 0.2) is 0 Å². The van der Waals surface area contributed by atoms with E-state index < -0.39 is 5.54 Å². The summed E-state index contributed by atoms with van der Waals surface area (Å²) in [7, 11) is 2.87. The molecule has 110 valence electrons. The minimum Gasteiger partial charge on any atom is -0.467 e. The van der Waals surface area contributed by atoms with Gasteiger partial charge in [0.2, 0.25) is 5.91 Å². The summed E-state index contributed by atoms with van der Waals surface area (Å²) in [6.45, 7) is 0.273. The number of methoxy groups -OCH3 is 2. The first-order valence-corrected chi connectivity index (χ1v) is 6.70. The molecule has 1 saturated carbocycles. The number of ether oxygens (including phenoxy) is 2. The molecule has 19 heavy (non-hydrogen) atoms. The molecule has 1 unspecified atom stereocenters. The minimum atomic E-state index is -0.864. The minimum absolute atomic E-state index is 0.158. The molecule has 1 amide bonds. The van der Waals surface area contributed by atoms with Crippen LogP contribution in [0.3, 0.4) is 0 Å². The zero-order chi connectivity index (χ0) is 14.3. The van der Waals surface area contributed by atoms with Gasteiger partial charge in [0.1, 0.15) is 5.54 Å². The molecule has 1 aliphatic rings. The van der Waals surface area contributed by atoms with E-state index in [-0.39, 0.29) is 30.9 Å². The summed E-state index contributed by atoms with van der Waals surface area (Å²) in [6, 6.07) is 0. The quantitative estimate of drug-likeness (QED) is 0.681. The molecule has 6 heteroatoms. The molecule has 0 aromatic heterocycles. The van der Waals surface area contributed by atoms with E-state index in [0.29, 0.717) is 12.8 Å². The Morgan fingerprint density at radius 1 is 1.26 bits per heavy atom. The van der Waals surface area contributed by atoms with Crippen LogP contribution in [0.2, 0.25) is 0 Å². The molecule has 1 aliphatic carbocycles. The Bertz CT molecular complexity index is 310. The monoisotopic (exact) mass is 272 g/mol. The van der Waals surface area contributed by atoms with Gasteiger partial charge in [0.05, 0.1) is 19.6 Å². The van der Waals surface area contributed by atoms with Crippen LogP contribution in [-0.2, 0) is 19.1 Å². The third-order valence-electron chi connectivity index (χ3n) is 3.67. The lowest BCUT2D eigenvalue weighted by Crippen LogP contribution is -2.56. The Kier molecular flexibility index (Phi) is 6.24. The summed E-state index contributed by atoms with van der Waals surface area (Å²) in [5, 5.41) is 2.83. The fourth-order valence-electron chi connectivity index (χ4n) is 2.52. The van der Waals surface area contributed by atoms with E-state index >= 15 is 0 Å². The van der Waals surface area contributed by atoms with Gasteiger partial charge in [-0.25, -0.2) is 4.79 Å². The van der Waals surface area contributed by atoms with E-state index in [1.807, 2.05) is 0 Å². The van der Waals surface area contributed by atoms with Gasteiger partial charge in [-0.05, 0) is 12.8 Å². The van der Waals surface area contributed by atoms with Crippen molar-refractivity contribution in [3.8, 4) is 0 Å². The SMILES string of the molecule is COC(=O)C1(NC(=O)CC(CN)OC)CCCCC1. The zero-order valence-corrected chi connectivity index (χ0v) is 11.7. The Hall–Kier alpha value is -1.14. The van der Waals surface area contributed by atoms with Gasteiger partial charge in [-0.3, -0.25) is 4.79 Å². The number of carbonyl (C=O) groups excluding carboxylic acids is 2. The Balaban J connectivity index is 2.67. The number of amides is 1. The number of hydrogen-bond donors (Lipinski definition) is 2. The number of esters is 1. The summed E-state index contributed by atoms with van der Waals surface area (Å²) in [5.74, 6) is -0.577. The summed E-state index contributed by atoms with van der Waals surface area (Å²) >= 11 is 0. The van der Waals surface area contributed by atoms with Crippen molar-refractivity contribution >= 4 is 11.9 Å². The molecule has 1 fully saturated rings. The van der Waals surface area contributed by atoms with E-state index in [1.165, 1.54) is 14.2 Å².